The first kappa shape index (κ1) is 26.5. The number of carbonyl (C=O) groups is 1. The largest absolute Gasteiger partial charge is 0.396 e. The van der Waals surface area contributed by atoms with E-state index < -0.39 is 41.5 Å². The van der Waals surface area contributed by atoms with E-state index in [2.05, 4.69) is 6.92 Å². The zero-order valence-corrected chi connectivity index (χ0v) is 19.9. The molecular weight excluding hydrogens is 428 g/mol. The Hall–Kier alpha value is -1.13. The van der Waals surface area contributed by atoms with E-state index >= 15 is 0 Å². The minimum atomic E-state index is -1.42. The molecule has 0 aromatic rings. The molecule has 1 aliphatic heterocycles. The van der Waals surface area contributed by atoms with Crippen molar-refractivity contribution in [3.8, 4) is 0 Å². The first-order chi connectivity index (χ1) is 15.6. The molecule has 4 unspecified atom stereocenters. The molecule has 2 fully saturated rings. The summed E-state index contributed by atoms with van der Waals surface area (Å²) in [6.07, 6.45) is 1.33. The van der Waals surface area contributed by atoms with Crippen molar-refractivity contribution in [3.05, 3.63) is 22.8 Å². The van der Waals surface area contributed by atoms with Crippen LogP contribution in [0.3, 0.4) is 0 Å². The Morgan fingerprint density at radius 2 is 1.91 bits per heavy atom. The van der Waals surface area contributed by atoms with Crippen molar-refractivity contribution in [2.75, 3.05) is 19.8 Å². The summed E-state index contributed by atoms with van der Waals surface area (Å²) < 4.78 is 11.8. The number of aldehydes is 1. The van der Waals surface area contributed by atoms with Crippen LogP contribution in [0.25, 0.3) is 0 Å². The Morgan fingerprint density at radius 3 is 2.55 bits per heavy atom. The van der Waals surface area contributed by atoms with Crippen LogP contribution in [0, 0.1) is 16.7 Å². The molecule has 0 aromatic heterocycles. The smallest absolute Gasteiger partial charge is 0.186 e. The molecule has 0 radical (unpaired) electrons. The Labute approximate surface area is 195 Å². The van der Waals surface area contributed by atoms with Crippen LogP contribution < -0.4 is 0 Å². The van der Waals surface area contributed by atoms with E-state index in [1.807, 2.05) is 13.8 Å². The van der Waals surface area contributed by atoms with E-state index in [0.29, 0.717) is 18.4 Å². The van der Waals surface area contributed by atoms with Crippen LogP contribution in [0.15, 0.2) is 22.8 Å². The monoisotopic (exact) mass is 468 g/mol. The lowest BCUT2D eigenvalue weighted by Gasteiger charge is -2.58. The second kappa shape index (κ2) is 10.6. The van der Waals surface area contributed by atoms with Crippen LogP contribution in [0.5, 0.6) is 0 Å². The van der Waals surface area contributed by atoms with Gasteiger partial charge in [-0.1, -0.05) is 37.5 Å². The molecule has 2 aliphatic carbocycles. The van der Waals surface area contributed by atoms with Crippen LogP contribution in [0.4, 0.5) is 0 Å². The molecule has 8 nitrogen and oxygen atoms in total. The fraction of sp³-hybridized carbons (Fsp3) is 0.800. The molecule has 3 rings (SSSR count). The number of allylic oxidation sites excluding steroid dienone is 2. The highest BCUT2D eigenvalue weighted by molar-refractivity contribution is 5.76. The summed E-state index contributed by atoms with van der Waals surface area (Å²) in [5.74, 6) is -0.135. The second-order valence-corrected chi connectivity index (χ2v) is 10.5. The normalized spacial score (nSPS) is 42.2. The van der Waals surface area contributed by atoms with Gasteiger partial charge in [-0.3, -0.25) is 4.79 Å². The number of carbonyl (C=O) groups excluding carboxylic acids is 1. The van der Waals surface area contributed by atoms with E-state index in [1.165, 1.54) is 0 Å². The fourth-order valence-electron chi connectivity index (χ4n) is 6.48. The van der Waals surface area contributed by atoms with Crippen molar-refractivity contribution in [1.82, 2.24) is 0 Å². The van der Waals surface area contributed by atoms with Gasteiger partial charge in [0.2, 0.25) is 0 Å². The number of hydrogen-bond acceptors (Lipinski definition) is 8. The van der Waals surface area contributed by atoms with Gasteiger partial charge in [0.25, 0.3) is 0 Å². The van der Waals surface area contributed by atoms with Crippen molar-refractivity contribution in [2.24, 2.45) is 16.7 Å². The van der Waals surface area contributed by atoms with Crippen LogP contribution in [0.2, 0.25) is 0 Å². The number of rotatable bonds is 8. The highest BCUT2D eigenvalue weighted by Gasteiger charge is 2.57. The van der Waals surface area contributed by atoms with Gasteiger partial charge in [-0.15, -0.1) is 0 Å². The molecule has 33 heavy (non-hydrogen) atoms. The summed E-state index contributed by atoms with van der Waals surface area (Å²) in [4.78, 5) is 12.2. The van der Waals surface area contributed by atoms with Crippen molar-refractivity contribution in [1.29, 1.82) is 0 Å². The summed E-state index contributed by atoms with van der Waals surface area (Å²) in [6.45, 7) is 5.94. The minimum Gasteiger partial charge on any atom is -0.396 e. The molecule has 0 bridgehead atoms. The van der Waals surface area contributed by atoms with Gasteiger partial charge in [0, 0.05) is 18.9 Å². The molecule has 1 saturated carbocycles. The van der Waals surface area contributed by atoms with Crippen molar-refractivity contribution < 1.29 is 39.8 Å². The third-order valence-electron chi connectivity index (χ3n) is 8.23. The number of aliphatic hydroxyl groups excluding tert-OH is 5. The fourth-order valence-corrected chi connectivity index (χ4v) is 6.48. The van der Waals surface area contributed by atoms with Gasteiger partial charge in [-0.25, -0.2) is 0 Å². The Morgan fingerprint density at radius 1 is 1.18 bits per heavy atom. The molecule has 0 amide bonds. The number of ether oxygens (including phenoxy) is 2. The van der Waals surface area contributed by atoms with Crippen molar-refractivity contribution in [2.45, 2.75) is 90.0 Å². The highest BCUT2D eigenvalue weighted by Crippen LogP contribution is 2.61. The summed E-state index contributed by atoms with van der Waals surface area (Å²) in [5.41, 5.74) is 1.95. The lowest BCUT2D eigenvalue weighted by Crippen LogP contribution is -2.59. The third-order valence-corrected chi connectivity index (χ3v) is 8.23. The van der Waals surface area contributed by atoms with E-state index in [0.717, 1.165) is 43.1 Å². The van der Waals surface area contributed by atoms with Crippen molar-refractivity contribution >= 4 is 6.29 Å². The molecule has 1 saturated heterocycles. The quantitative estimate of drug-likeness (QED) is 0.265. The lowest BCUT2D eigenvalue weighted by molar-refractivity contribution is -0.297. The maximum atomic E-state index is 12.2. The van der Waals surface area contributed by atoms with Gasteiger partial charge < -0.3 is 35.0 Å². The zero-order chi connectivity index (χ0) is 24.4. The average Bonchev–Trinajstić information content (AvgIpc) is 2.78. The molecule has 1 heterocycles. The van der Waals surface area contributed by atoms with Crippen LogP contribution in [0.1, 0.15) is 59.3 Å². The molecular formula is C25H40O8. The molecule has 8 atom stereocenters. The first-order valence-electron chi connectivity index (χ1n) is 12.0. The summed E-state index contributed by atoms with van der Waals surface area (Å²) in [7, 11) is 0. The van der Waals surface area contributed by atoms with Crippen LogP contribution >= 0.6 is 0 Å². The van der Waals surface area contributed by atoms with Crippen LogP contribution in [-0.2, 0) is 14.3 Å². The van der Waals surface area contributed by atoms with Gasteiger partial charge in [-0.2, -0.15) is 0 Å². The summed E-state index contributed by atoms with van der Waals surface area (Å²) >= 11 is 0. The van der Waals surface area contributed by atoms with Gasteiger partial charge in [0.15, 0.2) is 6.29 Å². The minimum absolute atomic E-state index is 0.0198. The van der Waals surface area contributed by atoms with Crippen molar-refractivity contribution in [3.63, 3.8) is 0 Å². The van der Waals surface area contributed by atoms with E-state index in [9.17, 15) is 30.3 Å². The standard InChI is InChI=1S/C25H40O8/c1-15(7-10-26)5-6-17-16(12-27)11-19(33-23-21(31)20(30)18(29)13-32-23)22-24(2,14-28)8-4-9-25(17,22)3/h7,12,18-23,26,28-31H,4-6,8-11,13-14H2,1-3H3/t18-,19?,20-,21+,22?,23-,24?,25?/m0/s1. The number of fused-ring (bicyclic) bond motifs is 1. The maximum Gasteiger partial charge on any atom is 0.186 e. The van der Waals surface area contributed by atoms with E-state index in [-0.39, 0.29) is 25.7 Å². The Balaban J connectivity index is 1.97. The van der Waals surface area contributed by atoms with E-state index in [4.69, 9.17) is 9.47 Å². The SMILES string of the molecule is CC(=CCO)CCC1=C(C=O)CC(O[C@@H]2OC[C@H](O)[C@H](O)[C@H]2O)C2C(C)(CO)CCCC12C. The average molecular weight is 469 g/mol. The molecule has 8 heteroatoms. The molecule has 0 aromatic carbocycles. The summed E-state index contributed by atoms with van der Waals surface area (Å²) in [6, 6.07) is 0. The predicted molar refractivity (Wildman–Crippen MR) is 121 cm³/mol. The zero-order valence-electron chi connectivity index (χ0n) is 19.9. The first-order valence-corrected chi connectivity index (χ1v) is 12.0. The predicted octanol–water partition coefficient (Wildman–Crippen LogP) is 1.23. The molecule has 0 spiro atoms. The second-order valence-electron chi connectivity index (χ2n) is 10.5. The van der Waals surface area contributed by atoms with Gasteiger partial charge in [-0.05, 0) is 49.0 Å². The molecule has 5 N–H and O–H groups in total. The molecule has 188 valence electrons. The highest BCUT2D eigenvalue weighted by atomic mass is 16.7. The Bertz CT molecular complexity index is 764. The number of hydrogen-bond donors (Lipinski definition) is 5. The number of aliphatic hydroxyl groups is 5. The van der Waals surface area contributed by atoms with Crippen LogP contribution in [-0.4, -0.2) is 82.3 Å². The topological polar surface area (TPSA) is 137 Å². The van der Waals surface area contributed by atoms with E-state index in [1.54, 1.807) is 6.08 Å². The van der Waals surface area contributed by atoms with Gasteiger partial charge in [0.1, 0.15) is 24.6 Å². The lowest BCUT2D eigenvalue weighted by atomic mass is 9.48. The Kier molecular flexibility index (Phi) is 8.54. The third kappa shape index (κ3) is 5.12. The van der Waals surface area contributed by atoms with Gasteiger partial charge in [0.05, 0.1) is 19.3 Å². The van der Waals surface area contributed by atoms with Gasteiger partial charge >= 0.3 is 0 Å². The summed E-state index contributed by atoms with van der Waals surface area (Å²) in [5, 5.41) is 49.9. The maximum absolute atomic E-state index is 12.2. The molecule has 3 aliphatic rings.